The van der Waals surface area contributed by atoms with Crippen molar-refractivity contribution < 1.29 is 44.2 Å². The zero-order chi connectivity index (χ0) is 22.7. The number of halogens is 6. The fraction of sp³-hybridized carbons (Fsp3) is 0.333. The Balaban J connectivity index is 2.27. The minimum atomic E-state index is -5.15. The van der Waals surface area contributed by atoms with Gasteiger partial charge >= 0.3 is 12.4 Å². The van der Waals surface area contributed by atoms with Crippen molar-refractivity contribution in [2.45, 2.75) is 23.7 Å². The highest BCUT2D eigenvalue weighted by Gasteiger charge is 2.38. The average molecular weight is 457 g/mol. The SMILES string of the molecule is COc1cc(CCNS(=O)(=O)c2cc(C(F)(F)F)cc(C(F)(F)F)c2)cc(OC)c1. The molecule has 0 unspecified atom stereocenters. The van der Waals surface area contributed by atoms with E-state index in [1.807, 2.05) is 4.72 Å². The summed E-state index contributed by atoms with van der Waals surface area (Å²) in [5.41, 5.74) is -2.85. The van der Waals surface area contributed by atoms with E-state index in [4.69, 9.17) is 9.47 Å². The average Bonchev–Trinajstić information content (AvgIpc) is 2.65. The number of benzene rings is 2. The van der Waals surface area contributed by atoms with Gasteiger partial charge in [0.05, 0.1) is 30.2 Å². The van der Waals surface area contributed by atoms with Crippen LogP contribution in [0.1, 0.15) is 16.7 Å². The van der Waals surface area contributed by atoms with Crippen molar-refractivity contribution in [3.05, 3.63) is 53.1 Å². The molecular weight excluding hydrogens is 440 g/mol. The molecule has 0 aliphatic rings. The molecule has 0 amide bonds. The fourth-order valence-corrected chi connectivity index (χ4v) is 3.61. The summed E-state index contributed by atoms with van der Waals surface area (Å²) in [5.74, 6) is 0.861. The van der Waals surface area contributed by atoms with E-state index in [0.717, 1.165) is 0 Å². The lowest BCUT2D eigenvalue weighted by molar-refractivity contribution is -0.143. The highest BCUT2D eigenvalue weighted by atomic mass is 32.2. The van der Waals surface area contributed by atoms with Crippen LogP contribution in [0.4, 0.5) is 26.3 Å². The number of rotatable bonds is 7. The Morgan fingerprint density at radius 2 is 1.27 bits per heavy atom. The minimum absolute atomic E-state index is 0.0812. The van der Waals surface area contributed by atoms with Crippen molar-refractivity contribution in [1.29, 1.82) is 0 Å². The van der Waals surface area contributed by atoms with E-state index in [0.29, 0.717) is 17.1 Å². The van der Waals surface area contributed by atoms with Gasteiger partial charge in [-0.05, 0) is 42.3 Å². The molecule has 0 fully saturated rings. The van der Waals surface area contributed by atoms with Crippen LogP contribution >= 0.6 is 0 Å². The number of alkyl halides is 6. The third-order valence-electron chi connectivity index (χ3n) is 3.99. The van der Waals surface area contributed by atoms with E-state index in [1.54, 1.807) is 18.2 Å². The van der Waals surface area contributed by atoms with Gasteiger partial charge in [0.2, 0.25) is 10.0 Å². The summed E-state index contributed by atoms with van der Waals surface area (Å²) in [7, 11) is -1.82. The first kappa shape index (κ1) is 23.8. The lowest BCUT2D eigenvalue weighted by atomic mass is 10.1. The normalized spacial score (nSPS) is 12.7. The molecule has 0 saturated carbocycles. The molecule has 2 aromatic carbocycles. The molecule has 30 heavy (non-hydrogen) atoms. The lowest BCUT2D eigenvalue weighted by Gasteiger charge is -2.15. The van der Waals surface area contributed by atoms with Crippen LogP contribution in [0.5, 0.6) is 11.5 Å². The van der Waals surface area contributed by atoms with Crippen molar-refractivity contribution in [2.75, 3.05) is 20.8 Å². The van der Waals surface area contributed by atoms with Crippen LogP contribution in [0.15, 0.2) is 41.3 Å². The maximum absolute atomic E-state index is 12.9. The Morgan fingerprint density at radius 1 is 0.800 bits per heavy atom. The second kappa shape index (κ2) is 8.72. The number of hydrogen-bond donors (Lipinski definition) is 1. The van der Waals surface area contributed by atoms with Crippen molar-refractivity contribution in [3.63, 3.8) is 0 Å². The monoisotopic (exact) mass is 457 g/mol. The molecule has 0 saturated heterocycles. The van der Waals surface area contributed by atoms with Gasteiger partial charge in [-0.3, -0.25) is 0 Å². The van der Waals surface area contributed by atoms with E-state index in [-0.39, 0.29) is 31.2 Å². The van der Waals surface area contributed by atoms with Gasteiger partial charge in [0.15, 0.2) is 0 Å². The largest absolute Gasteiger partial charge is 0.497 e. The smallest absolute Gasteiger partial charge is 0.416 e. The van der Waals surface area contributed by atoms with Crippen molar-refractivity contribution in [3.8, 4) is 11.5 Å². The van der Waals surface area contributed by atoms with Crippen LogP contribution in [0.25, 0.3) is 0 Å². The van der Waals surface area contributed by atoms with E-state index >= 15 is 0 Å². The van der Waals surface area contributed by atoms with Crippen molar-refractivity contribution in [2.24, 2.45) is 0 Å². The number of hydrogen-bond acceptors (Lipinski definition) is 4. The minimum Gasteiger partial charge on any atom is -0.497 e. The summed E-state index contributed by atoms with van der Waals surface area (Å²) in [6.45, 7) is -0.281. The number of methoxy groups -OCH3 is 2. The number of ether oxygens (including phenoxy) is 2. The van der Waals surface area contributed by atoms with Gasteiger partial charge in [-0.15, -0.1) is 0 Å². The molecule has 2 rings (SSSR count). The predicted molar refractivity (Wildman–Crippen MR) is 94.9 cm³/mol. The zero-order valence-electron chi connectivity index (χ0n) is 15.7. The molecule has 0 aliphatic carbocycles. The van der Waals surface area contributed by atoms with E-state index < -0.39 is 38.4 Å². The molecule has 1 N–H and O–H groups in total. The maximum Gasteiger partial charge on any atom is 0.416 e. The Kier molecular flexibility index (Phi) is 6.92. The van der Waals surface area contributed by atoms with Gasteiger partial charge in [0.25, 0.3) is 0 Å². The lowest BCUT2D eigenvalue weighted by Crippen LogP contribution is -2.27. The summed E-state index contributed by atoms with van der Waals surface area (Å²) >= 11 is 0. The summed E-state index contributed by atoms with van der Waals surface area (Å²) in [6.07, 6.45) is -10.2. The van der Waals surface area contributed by atoms with E-state index in [1.165, 1.54) is 14.2 Å². The molecule has 0 bridgehead atoms. The summed E-state index contributed by atoms with van der Waals surface area (Å²) in [6, 6.07) is 4.93. The van der Waals surface area contributed by atoms with Crippen LogP contribution in [0.3, 0.4) is 0 Å². The second-order valence-electron chi connectivity index (χ2n) is 6.11. The molecule has 0 aromatic heterocycles. The third-order valence-corrected chi connectivity index (χ3v) is 5.43. The summed E-state index contributed by atoms with van der Waals surface area (Å²) in [5, 5.41) is 0. The van der Waals surface area contributed by atoms with E-state index in [9.17, 15) is 34.8 Å². The Bertz CT molecular complexity index is 948. The third kappa shape index (κ3) is 6.02. The highest BCUT2D eigenvalue weighted by Crippen LogP contribution is 2.37. The molecular formula is C18H17F6NO4S. The molecule has 166 valence electrons. The second-order valence-corrected chi connectivity index (χ2v) is 7.88. The molecule has 0 radical (unpaired) electrons. The van der Waals surface area contributed by atoms with Crippen molar-refractivity contribution in [1.82, 2.24) is 4.72 Å². The Morgan fingerprint density at radius 3 is 1.67 bits per heavy atom. The maximum atomic E-state index is 12.9. The summed E-state index contributed by atoms with van der Waals surface area (Å²) in [4.78, 5) is -1.13. The first-order valence-electron chi connectivity index (χ1n) is 8.27. The number of sulfonamides is 1. The van der Waals surface area contributed by atoms with E-state index in [2.05, 4.69) is 0 Å². The van der Waals surface area contributed by atoms with Gasteiger partial charge in [-0.1, -0.05) is 0 Å². The topological polar surface area (TPSA) is 64.6 Å². The Labute approximate surface area is 168 Å². The molecule has 0 spiro atoms. The standard InChI is InChI=1S/C18H17F6NO4S/c1-28-14-5-11(6-15(10-14)29-2)3-4-25-30(26,27)16-8-12(17(19,20)21)7-13(9-16)18(22,23)24/h5-10,25H,3-4H2,1-2H3. The first-order chi connectivity index (χ1) is 13.8. The predicted octanol–water partition coefficient (Wildman–Crippen LogP) is 4.26. The quantitative estimate of drug-likeness (QED) is 0.631. The molecule has 5 nitrogen and oxygen atoms in total. The van der Waals surface area contributed by atoms with Crippen LogP contribution in [-0.4, -0.2) is 29.2 Å². The van der Waals surface area contributed by atoms with Gasteiger partial charge in [0, 0.05) is 12.6 Å². The molecule has 12 heteroatoms. The van der Waals surface area contributed by atoms with Gasteiger partial charge in [0.1, 0.15) is 11.5 Å². The van der Waals surface area contributed by atoms with Gasteiger partial charge in [-0.2, -0.15) is 26.3 Å². The van der Waals surface area contributed by atoms with Crippen LogP contribution in [-0.2, 0) is 28.8 Å². The summed E-state index contributed by atoms with van der Waals surface area (Å²) < 4.78 is 114. The fourth-order valence-electron chi connectivity index (χ4n) is 2.51. The van der Waals surface area contributed by atoms with Crippen LogP contribution < -0.4 is 14.2 Å². The highest BCUT2D eigenvalue weighted by molar-refractivity contribution is 7.89. The first-order valence-corrected chi connectivity index (χ1v) is 9.75. The Hall–Kier alpha value is -2.47. The molecule has 0 atom stereocenters. The molecule has 0 heterocycles. The van der Waals surface area contributed by atoms with Crippen LogP contribution in [0, 0.1) is 0 Å². The molecule has 0 aliphatic heterocycles. The number of nitrogens with one attached hydrogen (secondary N) is 1. The van der Waals surface area contributed by atoms with Gasteiger partial charge in [-0.25, -0.2) is 13.1 Å². The van der Waals surface area contributed by atoms with Gasteiger partial charge < -0.3 is 9.47 Å². The van der Waals surface area contributed by atoms with Crippen molar-refractivity contribution >= 4 is 10.0 Å². The van der Waals surface area contributed by atoms with Crippen LogP contribution in [0.2, 0.25) is 0 Å². The zero-order valence-corrected chi connectivity index (χ0v) is 16.5. The molecule has 2 aromatic rings.